The Hall–Kier alpha value is -0.850. The minimum atomic E-state index is 1.18. The Balaban J connectivity index is 2.53. The fourth-order valence-corrected chi connectivity index (χ4v) is 2.86. The van der Waals surface area contributed by atoms with Crippen LogP contribution in [0.1, 0.15) is 54.8 Å². The van der Waals surface area contributed by atoms with Gasteiger partial charge in [0.15, 0.2) is 0 Å². The third-order valence-corrected chi connectivity index (χ3v) is 3.51. The maximum Gasteiger partial charge on any atom is 0.0441 e. The van der Waals surface area contributed by atoms with Gasteiger partial charge in [-0.25, -0.2) is 0 Å². The maximum atomic E-state index is 4.78. The van der Waals surface area contributed by atoms with Crippen LogP contribution >= 0.6 is 0 Å². The highest BCUT2D eigenvalue weighted by Crippen LogP contribution is 2.29. The standard InChI is InChI=1S/C14H21N/c1-4-7-12-10(3)15-14-9-6-8-13(14)11(12)5-2/h4-9H2,1-3H3. The highest BCUT2D eigenvalue weighted by Gasteiger charge is 2.19. The van der Waals surface area contributed by atoms with Gasteiger partial charge in [-0.3, -0.25) is 4.98 Å². The summed E-state index contributed by atoms with van der Waals surface area (Å²) in [4.78, 5) is 4.78. The number of nitrogens with zero attached hydrogens (tertiary/aromatic N) is 1. The zero-order valence-electron chi connectivity index (χ0n) is 10.2. The highest BCUT2D eigenvalue weighted by atomic mass is 14.7. The average molecular weight is 203 g/mol. The molecule has 0 unspecified atom stereocenters. The van der Waals surface area contributed by atoms with Crippen LogP contribution in [-0.4, -0.2) is 4.98 Å². The Morgan fingerprint density at radius 2 is 1.93 bits per heavy atom. The predicted octanol–water partition coefficient (Wildman–Crippen LogP) is 3.39. The first-order valence-electron chi connectivity index (χ1n) is 6.28. The minimum absolute atomic E-state index is 1.18. The first-order chi connectivity index (χ1) is 7.27. The van der Waals surface area contributed by atoms with Crippen LogP contribution in [0.4, 0.5) is 0 Å². The summed E-state index contributed by atoms with van der Waals surface area (Å²) in [5.74, 6) is 0. The Kier molecular flexibility index (Phi) is 3.08. The van der Waals surface area contributed by atoms with Crippen molar-refractivity contribution >= 4 is 0 Å². The Morgan fingerprint density at radius 1 is 1.13 bits per heavy atom. The molecule has 1 nitrogen and oxygen atoms in total. The molecular formula is C14H21N. The lowest BCUT2D eigenvalue weighted by atomic mass is 9.94. The monoisotopic (exact) mass is 203 g/mol. The van der Waals surface area contributed by atoms with Crippen LogP contribution in [0.3, 0.4) is 0 Å². The molecule has 0 aromatic carbocycles. The molecule has 0 radical (unpaired) electrons. The van der Waals surface area contributed by atoms with E-state index in [0.717, 1.165) is 0 Å². The summed E-state index contributed by atoms with van der Waals surface area (Å²) in [6, 6.07) is 0. The minimum Gasteiger partial charge on any atom is -0.258 e. The van der Waals surface area contributed by atoms with Gasteiger partial charge in [-0.05, 0) is 55.7 Å². The van der Waals surface area contributed by atoms with Crippen molar-refractivity contribution in [3.05, 3.63) is 28.1 Å². The molecule has 0 atom stereocenters. The molecule has 1 aromatic rings. The summed E-state index contributed by atoms with van der Waals surface area (Å²) in [6.45, 7) is 6.72. The molecule has 0 bridgehead atoms. The molecule has 1 aliphatic rings. The lowest BCUT2D eigenvalue weighted by Crippen LogP contribution is -2.05. The SMILES string of the molecule is CCCc1c(C)nc2c(c1CC)CCC2. The Bertz CT molecular complexity index is 366. The van der Waals surface area contributed by atoms with E-state index in [0.29, 0.717) is 0 Å². The van der Waals surface area contributed by atoms with Gasteiger partial charge in [0, 0.05) is 11.4 Å². The van der Waals surface area contributed by atoms with Crippen LogP contribution in [0.25, 0.3) is 0 Å². The topological polar surface area (TPSA) is 12.9 Å². The molecule has 1 heterocycles. The molecule has 1 aliphatic carbocycles. The molecule has 0 fully saturated rings. The van der Waals surface area contributed by atoms with Gasteiger partial charge in [0.25, 0.3) is 0 Å². The number of aryl methyl sites for hydroxylation is 2. The van der Waals surface area contributed by atoms with Gasteiger partial charge >= 0.3 is 0 Å². The van der Waals surface area contributed by atoms with Gasteiger partial charge < -0.3 is 0 Å². The third-order valence-electron chi connectivity index (χ3n) is 3.51. The fourth-order valence-electron chi connectivity index (χ4n) is 2.86. The second kappa shape index (κ2) is 4.34. The van der Waals surface area contributed by atoms with Crippen LogP contribution in [0.5, 0.6) is 0 Å². The van der Waals surface area contributed by atoms with Crippen LogP contribution in [0.2, 0.25) is 0 Å². The molecular weight excluding hydrogens is 182 g/mol. The number of aromatic nitrogens is 1. The maximum absolute atomic E-state index is 4.78. The van der Waals surface area contributed by atoms with E-state index in [2.05, 4.69) is 20.8 Å². The van der Waals surface area contributed by atoms with Gasteiger partial charge in [0.1, 0.15) is 0 Å². The molecule has 0 saturated heterocycles. The summed E-state index contributed by atoms with van der Waals surface area (Å²) in [5, 5.41) is 0. The summed E-state index contributed by atoms with van der Waals surface area (Å²) < 4.78 is 0. The van der Waals surface area contributed by atoms with Gasteiger partial charge in [-0.2, -0.15) is 0 Å². The Labute approximate surface area is 92.9 Å². The van der Waals surface area contributed by atoms with Crippen LogP contribution in [0.15, 0.2) is 0 Å². The van der Waals surface area contributed by atoms with Gasteiger partial charge in [-0.1, -0.05) is 20.3 Å². The summed E-state index contributed by atoms with van der Waals surface area (Å²) >= 11 is 0. The molecule has 0 amide bonds. The zero-order valence-corrected chi connectivity index (χ0v) is 10.2. The van der Waals surface area contributed by atoms with Crippen molar-refractivity contribution in [3.8, 4) is 0 Å². The van der Waals surface area contributed by atoms with Crippen LogP contribution < -0.4 is 0 Å². The predicted molar refractivity (Wildman–Crippen MR) is 64.4 cm³/mol. The lowest BCUT2D eigenvalue weighted by molar-refractivity contribution is 0.859. The smallest absolute Gasteiger partial charge is 0.0441 e. The number of rotatable bonds is 3. The first kappa shape index (κ1) is 10.7. The molecule has 0 saturated carbocycles. The van der Waals surface area contributed by atoms with Crippen molar-refractivity contribution in [3.63, 3.8) is 0 Å². The second-order valence-electron chi connectivity index (χ2n) is 4.54. The largest absolute Gasteiger partial charge is 0.258 e. The van der Waals surface area contributed by atoms with Crippen molar-refractivity contribution in [2.75, 3.05) is 0 Å². The second-order valence-corrected chi connectivity index (χ2v) is 4.54. The van der Waals surface area contributed by atoms with Crippen molar-refractivity contribution in [2.45, 2.75) is 59.3 Å². The quantitative estimate of drug-likeness (QED) is 0.733. The summed E-state index contributed by atoms with van der Waals surface area (Å²) in [5.41, 5.74) is 7.43. The van der Waals surface area contributed by atoms with Crippen molar-refractivity contribution in [1.82, 2.24) is 4.98 Å². The molecule has 0 N–H and O–H groups in total. The molecule has 1 aromatic heterocycles. The van der Waals surface area contributed by atoms with Crippen molar-refractivity contribution in [2.24, 2.45) is 0 Å². The average Bonchev–Trinajstić information content (AvgIpc) is 2.66. The Morgan fingerprint density at radius 3 is 2.60 bits per heavy atom. The number of fused-ring (bicyclic) bond motifs is 1. The van der Waals surface area contributed by atoms with Crippen molar-refractivity contribution < 1.29 is 0 Å². The van der Waals surface area contributed by atoms with E-state index >= 15 is 0 Å². The highest BCUT2D eigenvalue weighted by molar-refractivity contribution is 5.42. The number of pyridine rings is 1. The summed E-state index contributed by atoms with van der Waals surface area (Å²) in [6.07, 6.45) is 7.40. The summed E-state index contributed by atoms with van der Waals surface area (Å²) in [7, 11) is 0. The molecule has 15 heavy (non-hydrogen) atoms. The number of hydrogen-bond acceptors (Lipinski definition) is 1. The first-order valence-corrected chi connectivity index (χ1v) is 6.28. The molecule has 0 spiro atoms. The van der Waals surface area contributed by atoms with Crippen molar-refractivity contribution in [1.29, 1.82) is 0 Å². The number of hydrogen-bond donors (Lipinski definition) is 0. The lowest BCUT2D eigenvalue weighted by Gasteiger charge is -2.15. The molecule has 1 heteroatoms. The van der Waals surface area contributed by atoms with E-state index < -0.39 is 0 Å². The molecule has 82 valence electrons. The zero-order chi connectivity index (χ0) is 10.8. The van der Waals surface area contributed by atoms with Gasteiger partial charge in [0.2, 0.25) is 0 Å². The van der Waals surface area contributed by atoms with E-state index in [9.17, 15) is 0 Å². The normalized spacial score (nSPS) is 14.3. The molecule has 0 aliphatic heterocycles. The van der Waals surface area contributed by atoms with Crippen LogP contribution in [-0.2, 0) is 25.7 Å². The van der Waals surface area contributed by atoms with Crippen LogP contribution in [0, 0.1) is 6.92 Å². The van der Waals surface area contributed by atoms with E-state index in [1.807, 2.05) is 0 Å². The molecule has 2 rings (SSSR count). The third kappa shape index (κ3) is 1.80. The van der Waals surface area contributed by atoms with E-state index in [1.165, 1.54) is 49.9 Å². The van der Waals surface area contributed by atoms with Gasteiger partial charge in [-0.15, -0.1) is 0 Å². The fraction of sp³-hybridized carbons (Fsp3) is 0.643. The van der Waals surface area contributed by atoms with Gasteiger partial charge in [0.05, 0.1) is 0 Å². The van der Waals surface area contributed by atoms with E-state index in [-0.39, 0.29) is 0 Å². The van der Waals surface area contributed by atoms with E-state index in [4.69, 9.17) is 4.98 Å². The van der Waals surface area contributed by atoms with E-state index in [1.54, 1.807) is 16.7 Å².